The van der Waals surface area contributed by atoms with Gasteiger partial charge in [-0.15, -0.1) is 24.8 Å². The van der Waals surface area contributed by atoms with Gasteiger partial charge in [0, 0.05) is 37.8 Å². The van der Waals surface area contributed by atoms with Crippen LogP contribution in [0.3, 0.4) is 0 Å². The van der Waals surface area contributed by atoms with E-state index < -0.39 is 0 Å². The number of hydrogen-bond acceptors (Lipinski definition) is 2. The van der Waals surface area contributed by atoms with Crippen LogP contribution in [0.4, 0.5) is 4.39 Å². The van der Waals surface area contributed by atoms with E-state index in [1.54, 1.807) is 6.07 Å². The summed E-state index contributed by atoms with van der Waals surface area (Å²) in [5.74, 6) is 0.617. The van der Waals surface area contributed by atoms with Crippen LogP contribution in [0.2, 0.25) is 0 Å². The van der Waals surface area contributed by atoms with Crippen LogP contribution >= 0.6 is 24.8 Å². The molecule has 128 valence electrons. The minimum Gasteiger partial charge on any atom is -0.314 e. The zero-order chi connectivity index (χ0) is 14.5. The predicted octanol–water partition coefficient (Wildman–Crippen LogP) is 4.36. The third-order valence-corrected chi connectivity index (χ3v) is 4.12. The second-order valence-corrected chi connectivity index (χ2v) is 6.30. The third kappa shape index (κ3) is 6.04. The van der Waals surface area contributed by atoms with Crippen molar-refractivity contribution < 1.29 is 4.39 Å². The molecular formula is C17H29Cl2FN2. The Hall–Kier alpha value is -0.350. The highest BCUT2D eigenvalue weighted by atomic mass is 35.5. The fraction of sp³-hybridized carbons (Fsp3) is 0.647. The number of benzene rings is 1. The van der Waals surface area contributed by atoms with Crippen LogP contribution in [0.15, 0.2) is 18.2 Å². The lowest BCUT2D eigenvalue weighted by Gasteiger charge is -2.36. The van der Waals surface area contributed by atoms with E-state index in [4.69, 9.17) is 0 Å². The minimum absolute atomic E-state index is 0. The molecule has 0 unspecified atom stereocenters. The van der Waals surface area contributed by atoms with Gasteiger partial charge >= 0.3 is 0 Å². The van der Waals surface area contributed by atoms with Crippen LogP contribution in [-0.2, 0) is 0 Å². The van der Waals surface area contributed by atoms with Gasteiger partial charge in [-0.1, -0.05) is 26.0 Å². The molecule has 1 aromatic rings. The minimum atomic E-state index is -0.0442. The van der Waals surface area contributed by atoms with Gasteiger partial charge < -0.3 is 5.32 Å². The van der Waals surface area contributed by atoms with Crippen molar-refractivity contribution in [3.63, 3.8) is 0 Å². The zero-order valence-electron chi connectivity index (χ0n) is 13.8. The number of halogens is 3. The quantitative estimate of drug-likeness (QED) is 0.848. The maximum Gasteiger partial charge on any atom is 0.128 e. The monoisotopic (exact) mass is 350 g/mol. The lowest BCUT2D eigenvalue weighted by Crippen LogP contribution is -2.45. The van der Waals surface area contributed by atoms with E-state index in [1.165, 1.54) is 0 Å². The van der Waals surface area contributed by atoms with Crippen molar-refractivity contribution in [3.05, 3.63) is 35.1 Å². The Kier molecular flexibility index (Phi) is 10.3. The fourth-order valence-corrected chi connectivity index (χ4v) is 2.92. The summed E-state index contributed by atoms with van der Waals surface area (Å²) in [7, 11) is 0. The van der Waals surface area contributed by atoms with Gasteiger partial charge in [0.2, 0.25) is 0 Å². The Morgan fingerprint density at radius 1 is 1.14 bits per heavy atom. The van der Waals surface area contributed by atoms with Crippen LogP contribution < -0.4 is 5.32 Å². The van der Waals surface area contributed by atoms with Gasteiger partial charge in [-0.25, -0.2) is 4.39 Å². The molecule has 5 heteroatoms. The van der Waals surface area contributed by atoms with Gasteiger partial charge in [-0.3, -0.25) is 4.90 Å². The SMILES string of the molecule is Cc1ccc([C@@H](CCC(C)C)N2CCNCC2)c(F)c1.Cl.Cl. The normalized spacial score (nSPS) is 16.8. The maximum atomic E-state index is 14.3. The summed E-state index contributed by atoms with van der Waals surface area (Å²) in [5, 5.41) is 3.37. The zero-order valence-corrected chi connectivity index (χ0v) is 15.4. The summed E-state index contributed by atoms with van der Waals surface area (Å²) < 4.78 is 14.3. The lowest BCUT2D eigenvalue weighted by atomic mass is 9.94. The fourth-order valence-electron chi connectivity index (χ4n) is 2.92. The molecular weight excluding hydrogens is 322 g/mol. The molecule has 2 rings (SSSR count). The first-order chi connectivity index (χ1) is 9.58. The van der Waals surface area contributed by atoms with E-state index in [0.29, 0.717) is 5.92 Å². The van der Waals surface area contributed by atoms with E-state index >= 15 is 0 Å². The third-order valence-electron chi connectivity index (χ3n) is 4.12. The Balaban J connectivity index is 0.00000220. The topological polar surface area (TPSA) is 15.3 Å². The summed E-state index contributed by atoms with van der Waals surface area (Å²) in [5.41, 5.74) is 1.87. The molecule has 0 radical (unpaired) electrons. The van der Waals surface area contributed by atoms with Gasteiger partial charge in [0.05, 0.1) is 0 Å². The smallest absolute Gasteiger partial charge is 0.128 e. The lowest BCUT2D eigenvalue weighted by molar-refractivity contribution is 0.156. The average Bonchev–Trinajstić information content (AvgIpc) is 2.42. The molecule has 1 atom stereocenters. The Morgan fingerprint density at radius 3 is 2.32 bits per heavy atom. The molecule has 0 amide bonds. The number of nitrogens with zero attached hydrogens (tertiary/aromatic N) is 1. The van der Waals surface area contributed by atoms with E-state index in [9.17, 15) is 4.39 Å². The van der Waals surface area contributed by atoms with Crippen molar-refractivity contribution in [3.8, 4) is 0 Å². The summed E-state index contributed by atoms with van der Waals surface area (Å²) in [6.07, 6.45) is 2.18. The van der Waals surface area contributed by atoms with Gasteiger partial charge in [0.15, 0.2) is 0 Å². The van der Waals surface area contributed by atoms with E-state index in [2.05, 4.69) is 24.1 Å². The van der Waals surface area contributed by atoms with Crippen molar-refractivity contribution in [1.29, 1.82) is 0 Å². The molecule has 1 aliphatic rings. The highest BCUT2D eigenvalue weighted by Crippen LogP contribution is 2.30. The number of rotatable bonds is 5. The first-order valence-corrected chi connectivity index (χ1v) is 7.78. The molecule has 0 aromatic heterocycles. The molecule has 2 nitrogen and oxygen atoms in total. The molecule has 0 spiro atoms. The second kappa shape index (κ2) is 10.4. The summed E-state index contributed by atoms with van der Waals surface area (Å²) >= 11 is 0. The molecule has 1 N–H and O–H groups in total. The summed E-state index contributed by atoms with van der Waals surface area (Å²) in [4.78, 5) is 2.44. The largest absolute Gasteiger partial charge is 0.314 e. The number of aryl methyl sites for hydroxylation is 1. The maximum absolute atomic E-state index is 14.3. The van der Waals surface area contributed by atoms with Gasteiger partial charge in [0.1, 0.15) is 5.82 Å². The Labute approximate surface area is 146 Å². The standard InChI is InChI=1S/C17H27FN2.2ClH/c1-13(2)4-7-17(20-10-8-19-9-11-20)15-6-5-14(3)12-16(15)18;;/h5-6,12-13,17,19H,4,7-11H2,1-3H3;2*1H/t17-;;/m1../s1. The van der Waals surface area contributed by atoms with Gasteiger partial charge in [0.25, 0.3) is 0 Å². The first-order valence-electron chi connectivity index (χ1n) is 7.78. The Bertz CT molecular complexity index is 435. The molecule has 1 aliphatic heterocycles. The molecule has 22 heavy (non-hydrogen) atoms. The molecule has 1 saturated heterocycles. The molecule has 1 aromatic carbocycles. The van der Waals surface area contributed by atoms with Gasteiger partial charge in [-0.05, 0) is 37.3 Å². The Morgan fingerprint density at radius 2 is 1.77 bits per heavy atom. The van der Waals surface area contributed by atoms with Crippen LogP contribution in [-0.4, -0.2) is 31.1 Å². The van der Waals surface area contributed by atoms with Crippen molar-refractivity contribution >= 4 is 24.8 Å². The summed E-state index contributed by atoms with van der Waals surface area (Å²) in [6.45, 7) is 10.4. The van der Waals surface area contributed by atoms with Crippen molar-refractivity contribution in [1.82, 2.24) is 10.2 Å². The van der Waals surface area contributed by atoms with Crippen molar-refractivity contribution in [2.24, 2.45) is 5.92 Å². The van der Waals surface area contributed by atoms with Gasteiger partial charge in [-0.2, -0.15) is 0 Å². The number of piperazine rings is 1. The molecule has 0 saturated carbocycles. The molecule has 0 bridgehead atoms. The molecule has 1 heterocycles. The molecule has 1 fully saturated rings. The second-order valence-electron chi connectivity index (χ2n) is 6.30. The van der Waals surface area contributed by atoms with E-state index in [-0.39, 0.29) is 36.7 Å². The van der Waals surface area contributed by atoms with Crippen LogP contribution in [0.25, 0.3) is 0 Å². The highest BCUT2D eigenvalue weighted by molar-refractivity contribution is 5.85. The van der Waals surface area contributed by atoms with Crippen molar-refractivity contribution in [2.45, 2.75) is 39.7 Å². The van der Waals surface area contributed by atoms with Crippen molar-refractivity contribution in [2.75, 3.05) is 26.2 Å². The average molecular weight is 351 g/mol. The van der Waals surface area contributed by atoms with Crippen LogP contribution in [0.5, 0.6) is 0 Å². The number of hydrogen-bond donors (Lipinski definition) is 1. The number of nitrogens with one attached hydrogen (secondary N) is 1. The highest BCUT2D eigenvalue weighted by Gasteiger charge is 2.24. The van der Waals surface area contributed by atoms with Crippen LogP contribution in [0.1, 0.15) is 43.9 Å². The summed E-state index contributed by atoms with van der Waals surface area (Å²) in [6, 6.07) is 5.90. The molecule has 0 aliphatic carbocycles. The first kappa shape index (κ1) is 21.6. The van der Waals surface area contributed by atoms with E-state index in [0.717, 1.165) is 50.1 Å². The van der Waals surface area contributed by atoms with Crippen LogP contribution in [0, 0.1) is 18.7 Å². The van der Waals surface area contributed by atoms with E-state index in [1.807, 2.05) is 19.1 Å². The predicted molar refractivity (Wildman–Crippen MR) is 96.9 cm³/mol.